The topological polar surface area (TPSA) is 185 Å². The number of carbonyl (C=O) groups excluding carboxylic acids is 3. The summed E-state index contributed by atoms with van der Waals surface area (Å²) in [7, 11) is 0. The Bertz CT molecular complexity index is 1730. The second kappa shape index (κ2) is 15.3. The minimum absolute atomic E-state index is 0.0301. The molecule has 0 spiro atoms. The van der Waals surface area contributed by atoms with Gasteiger partial charge in [0.05, 0.1) is 5.56 Å². The number of hydrogen-bond acceptors (Lipinski definition) is 7. The number of amides is 3. The number of rotatable bonds is 13. The Kier molecular flexibility index (Phi) is 11.1. The Morgan fingerprint density at radius 3 is 1.34 bits per heavy atom. The molecule has 244 valence electrons. The van der Waals surface area contributed by atoms with E-state index in [1.165, 1.54) is 72.8 Å². The lowest BCUT2D eigenvalue weighted by Crippen LogP contribution is -2.57. The van der Waals surface area contributed by atoms with E-state index in [2.05, 4.69) is 16.0 Å². The van der Waals surface area contributed by atoms with Crippen molar-refractivity contribution in [3.05, 3.63) is 125 Å². The molecule has 4 rings (SSSR count). The van der Waals surface area contributed by atoms with Crippen LogP contribution in [0.1, 0.15) is 27.0 Å². The normalized spacial score (nSPS) is 12.7. The standard InChI is InChI=1S/C34H31F2N3O8/c35-22-7-14-26(27(36)18-22)31(43)37-28(15-19-1-8-23(40)9-2-19)32(44)38-29(16-20-3-10-24(41)11-4-20)33(45)39-30(34(46)47)17-21-5-12-25(42)13-6-21/h1-14,18,28-30,40-42H,15-17H2,(H,37,43)(H,38,44)(H,39,45)(H,46,47)/t28-,29-,30-/m0/s1. The van der Waals surface area contributed by atoms with Crippen LogP contribution in [-0.4, -0.2) is 62.2 Å². The first-order valence-electron chi connectivity index (χ1n) is 14.3. The van der Waals surface area contributed by atoms with Crippen LogP contribution in [0.25, 0.3) is 0 Å². The van der Waals surface area contributed by atoms with Gasteiger partial charge in [0.2, 0.25) is 11.8 Å². The summed E-state index contributed by atoms with van der Waals surface area (Å²) < 4.78 is 27.9. The third kappa shape index (κ3) is 9.75. The van der Waals surface area contributed by atoms with E-state index in [1.54, 1.807) is 0 Å². The number of phenolic OH excluding ortho intramolecular Hbond substituents is 3. The first-order chi connectivity index (χ1) is 22.4. The molecule has 0 unspecified atom stereocenters. The van der Waals surface area contributed by atoms with E-state index in [9.17, 15) is 48.4 Å². The minimum atomic E-state index is -1.43. The Morgan fingerprint density at radius 2 is 0.936 bits per heavy atom. The molecule has 4 aromatic carbocycles. The van der Waals surface area contributed by atoms with Gasteiger partial charge >= 0.3 is 5.97 Å². The van der Waals surface area contributed by atoms with Gasteiger partial charge in [-0.1, -0.05) is 36.4 Å². The number of aliphatic carboxylic acids is 1. The van der Waals surface area contributed by atoms with Crippen LogP contribution in [-0.2, 0) is 33.6 Å². The first-order valence-corrected chi connectivity index (χ1v) is 14.3. The molecule has 4 aromatic rings. The minimum Gasteiger partial charge on any atom is -0.508 e. The Balaban J connectivity index is 1.60. The lowest BCUT2D eigenvalue weighted by atomic mass is 10.0. The zero-order valence-corrected chi connectivity index (χ0v) is 24.7. The summed E-state index contributed by atoms with van der Waals surface area (Å²) >= 11 is 0. The van der Waals surface area contributed by atoms with Crippen LogP contribution in [0.5, 0.6) is 17.2 Å². The maximum absolute atomic E-state index is 14.4. The molecule has 3 atom stereocenters. The van der Waals surface area contributed by atoms with Gasteiger partial charge < -0.3 is 36.4 Å². The number of hydrogen-bond donors (Lipinski definition) is 7. The van der Waals surface area contributed by atoms with Gasteiger partial charge in [-0.3, -0.25) is 14.4 Å². The van der Waals surface area contributed by atoms with Crippen molar-refractivity contribution < 1.29 is 48.4 Å². The van der Waals surface area contributed by atoms with Crippen LogP contribution in [0.2, 0.25) is 0 Å². The van der Waals surface area contributed by atoms with E-state index in [-0.39, 0.29) is 36.5 Å². The molecule has 0 aliphatic carbocycles. The van der Waals surface area contributed by atoms with Crippen LogP contribution in [0.15, 0.2) is 91.0 Å². The number of carbonyl (C=O) groups is 4. The van der Waals surface area contributed by atoms with Gasteiger partial charge in [0, 0.05) is 25.3 Å². The van der Waals surface area contributed by atoms with E-state index in [4.69, 9.17) is 0 Å². The summed E-state index contributed by atoms with van der Waals surface area (Å²) in [5.74, 6) is -6.38. The second-order valence-electron chi connectivity index (χ2n) is 10.7. The average Bonchev–Trinajstić information content (AvgIpc) is 3.03. The summed E-state index contributed by atoms with van der Waals surface area (Å²) in [6, 6.07) is 15.2. The second-order valence-corrected chi connectivity index (χ2v) is 10.7. The van der Waals surface area contributed by atoms with Crippen molar-refractivity contribution in [1.29, 1.82) is 0 Å². The van der Waals surface area contributed by atoms with E-state index >= 15 is 0 Å². The number of nitrogens with one attached hydrogen (secondary N) is 3. The Morgan fingerprint density at radius 1 is 0.553 bits per heavy atom. The molecule has 0 fully saturated rings. The maximum atomic E-state index is 14.4. The van der Waals surface area contributed by atoms with Crippen LogP contribution < -0.4 is 16.0 Å². The summed E-state index contributed by atoms with van der Waals surface area (Å²) in [5, 5.41) is 46.1. The highest BCUT2D eigenvalue weighted by Crippen LogP contribution is 2.16. The molecule has 0 heterocycles. The molecular weight excluding hydrogens is 616 g/mol. The van der Waals surface area contributed by atoms with Crippen molar-refractivity contribution in [2.24, 2.45) is 0 Å². The van der Waals surface area contributed by atoms with Crippen molar-refractivity contribution >= 4 is 23.7 Å². The number of aromatic hydroxyl groups is 3. The SMILES string of the molecule is O=C(N[C@@H](Cc1ccc(O)cc1)C(=O)N[C@@H](Cc1ccc(O)cc1)C(=O)N[C@@H](Cc1ccc(O)cc1)C(=O)O)c1ccc(F)cc1F. The predicted octanol–water partition coefficient (Wildman–Crippen LogP) is 2.96. The summed E-state index contributed by atoms with van der Waals surface area (Å²) in [6.45, 7) is 0. The van der Waals surface area contributed by atoms with Crippen molar-refractivity contribution in [3.8, 4) is 17.2 Å². The van der Waals surface area contributed by atoms with E-state index in [0.29, 0.717) is 22.8 Å². The van der Waals surface area contributed by atoms with Gasteiger partial charge in [0.1, 0.15) is 47.0 Å². The smallest absolute Gasteiger partial charge is 0.326 e. The van der Waals surface area contributed by atoms with Crippen molar-refractivity contribution in [2.75, 3.05) is 0 Å². The molecule has 7 N–H and O–H groups in total. The summed E-state index contributed by atoms with van der Waals surface area (Å²) in [5.41, 5.74) is 0.925. The Labute approximate surface area is 267 Å². The zero-order valence-electron chi connectivity index (χ0n) is 24.7. The van der Waals surface area contributed by atoms with Crippen LogP contribution in [0.3, 0.4) is 0 Å². The van der Waals surface area contributed by atoms with Gasteiger partial charge in [-0.15, -0.1) is 0 Å². The molecule has 47 heavy (non-hydrogen) atoms. The van der Waals surface area contributed by atoms with Crippen molar-refractivity contribution in [1.82, 2.24) is 16.0 Å². The monoisotopic (exact) mass is 647 g/mol. The predicted molar refractivity (Wildman–Crippen MR) is 165 cm³/mol. The molecule has 0 aliphatic heterocycles. The van der Waals surface area contributed by atoms with Gasteiger partial charge in [0.25, 0.3) is 5.91 Å². The van der Waals surface area contributed by atoms with Gasteiger partial charge in [-0.2, -0.15) is 0 Å². The van der Waals surface area contributed by atoms with E-state index in [1.807, 2.05) is 0 Å². The van der Waals surface area contributed by atoms with E-state index < -0.39 is 59.0 Å². The quantitative estimate of drug-likeness (QED) is 0.115. The summed E-state index contributed by atoms with van der Waals surface area (Å²) in [4.78, 5) is 52.4. The molecule has 0 saturated heterocycles. The van der Waals surface area contributed by atoms with E-state index in [0.717, 1.165) is 12.1 Å². The molecule has 0 saturated carbocycles. The van der Waals surface area contributed by atoms with Gasteiger partial charge in [-0.25, -0.2) is 13.6 Å². The molecule has 0 aromatic heterocycles. The van der Waals surface area contributed by atoms with Crippen molar-refractivity contribution in [2.45, 2.75) is 37.4 Å². The maximum Gasteiger partial charge on any atom is 0.326 e. The Hall–Kier alpha value is -5.98. The third-order valence-electron chi connectivity index (χ3n) is 7.17. The molecule has 0 radical (unpaired) electrons. The molecule has 0 bridgehead atoms. The van der Waals surface area contributed by atoms with Crippen LogP contribution in [0, 0.1) is 11.6 Å². The average molecular weight is 648 g/mol. The summed E-state index contributed by atoms with van der Waals surface area (Å²) in [6.07, 6.45) is -0.479. The number of benzene rings is 4. The number of halogens is 2. The molecule has 11 nitrogen and oxygen atoms in total. The fraction of sp³-hybridized carbons (Fsp3) is 0.176. The van der Waals surface area contributed by atoms with Crippen LogP contribution >= 0.6 is 0 Å². The lowest BCUT2D eigenvalue weighted by Gasteiger charge is -2.25. The fourth-order valence-electron chi connectivity index (χ4n) is 4.68. The van der Waals surface area contributed by atoms with Gasteiger partial charge in [-0.05, 0) is 65.2 Å². The largest absolute Gasteiger partial charge is 0.508 e. The molecule has 0 aliphatic rings. The van der Waals surface area contributed by atoms with Gasteiger partial charge in [0.15, 0.2) is 0 Å². The molecular formula is C34H31F2N3O8. The lowest BCUT2D eigenvalue weighted by molar-refractivity contribution is -0.142. The number of phenols is 3. The van der Waals surface area contributed by atoms with Crippen LogP contribution in [0.4, 0.5) is 8.78 Å². The fourth-order valence-corrected chi connectivity index (χ4v) is 4.68. The highest BCUT2D eigenvalue weighted by atomic mass is 19.1. The molecule has 3 amide bonds. The zero-order chi connectivity index (χ0) is 34.1. The van der Waals surface area contributed by atoms with Crippen molar-refractivity contribution in [3.63, 3.8) is 0 Å². The third-order valence-corrected chi connectivity index (χ3v) is 7.17. The highest BCUT2D eigenvalue weighted by Gasteiger charge is 2.31. The first kappa shape index (κ1) is 33.9. The molecule has 13 heteroatoms. The number of carboxylic acids is 1. The highest BCUT2D eigenvalue weighted by molar-refractivity contribution is 5.99. The number of carboxylic acid groups (broad SMARTS) is 1.